The van der Waals surface area contributed by atoms with E-state index >= 15 is 0 Å². The van der Waals surface area contributed by atoms with Gasteiger partial charge in [0, 0.05) is 18.0 Å². The lowest BCUT2D eigenvalue weighted by Gasteiger charge is -2.17. The van der Waals surface area contributed by atoms with Crippen LogP contribution in [0.2, 0.25) is 0 Å². The topological polar surface area (TPSA) is 50.3 Å². The number of hydrogen-bond acceptors (Lipinski definition) is 5. The summed E-state index contributed by atoms with van der Waals surface area (Å²) in [6.45, 7) is 1.49. The third-order valence-electron chi connectivity index (χ3n) is 4.13. The number of ether oxygens (including phenoxy) is 1. The third kappa shape index (κ3) is 2.76. The van der Waals surface area contributed by atoms with Crippen LogP contribution in [0.25, 0.3) is 11.1 Å². The van der Waals surface area contributed by atoms with Gasteiger partial charge in [0.05, 0.1) is 31.7 Å². The number of nitrogens with one attached hydrogen (secondary N) is 1. The van der Waals surface area contributed by atoms with Crippen LogP contribution in [0.4, 0.5) is 11.5 Å². The van der Waals surface area contributed by atoms with Gasteiger partial charge >= 0.3 is 0 Å². The van der Waals surface area contributed by atoms with Crippen molar-refractivity contribution in [3.8, 4) is 16.9 Å². The van der Waals surface area contributed by atoms with E-state index in [1.165, 1.54) is 0 Å². The summed E-state index contributed by atoms with van der Waals surface area (Å²) in [5.41, 5.74) is 4.30. The van der Waals surface area contributed by atoms with Gasteiger partial charge in [0.1, 0.15) is 5.75 Å². The number of methoxy groups -OCH3 is 1. The molecule has 0 unspecified atom stereocenters. The molecule has 1 aliphatic heterocycles. The summed E-state index contributed by atoms with van der Waals surface area (Å²) in [5.74, 6) is 1.76. The molecule has 1 aliphatic rings. The van der Waals surface area contributed by atoms with Crippen LogP contribution >= 0.6 is 0 Å². The zero-order valence-electron chi connectivity index (χ0n) is 13.4. The van der Waals surface area contributed by atoms with Crippen LogP contribution < -0.4 is 15.0 Å². The van der Waals surface area contributed by atoms with Crippen molar-refractivity contribution in [2.24, 2.45) is 0 Å². The molecular weight excluding hydrogens is 300 g/mol. The molecule has 5 nitrogen and oxygen atoms in total. The summed E-state index contributed by atoms with van der Waals surface area (Å²) < 4.78 is 5.32. The number of rotatable bonds is 4. The number of nitrogens with zero attached hydrogens (tertiary/aromatic N) is 3. The maximum atomic E-state index is 5.32. The van der Waals surface area contributed by atoms with Gasteiger partial charge in [-0.2, -0.15) is 0 Å². The standard InChI is InChI=1S/C19H18N4O/c1-24-17-7-4-5-14(9-17)15-10-18-19(21-11-15)22-13-23(18)12-16-6-2-3-8-20-16/h2-11H,12-13H2,1H3,(H,21,22). The number of anilines is 2. The van der Waals surface area contributed by atoms with Crippen molar-refractivity contribution in [3.63, 3.8) is 0 Å². The van der Waals surface area contributed by atoms with Crippen molar-refractivity contribution in [1.82, 2.24) is 9.97 Å². The normalized spacial score (nSPS) is 12.6. The Bertz CT molecular complexity index is 851. The van der Waals surface area contributed by atoms with Crippen molar-refractivity contribution in [2.75, 3.05) is 24.0 Å². The van der Waals surface area contributed by atoms with Gasteiger partial charge in [0.2, 0.25) is 0 Å². The minimum absolute atomic E-state index is 0.737. The van der Waals surface area contributed by atoms with Gasteiger partial charge in [0.15, 0.2) is 5.82 Å². The van der Waals surface area contributed by atoms with E-state index in [-0.39, 0.29) is 0 Å². The van der Waals surface area contributed by atoms with Gasteiger partial charge in [-0.05, 0) is 35.9 Å². The molecule has 3 aromatic rings. The Hall–Kier alpha value is -3.08. The summed E-state index contributed by atoms with van der Waals surface area (Å²) in [6.07, 6.45) is 3.72. The first-order valence-electron chi connectivity index (χ1n) is 7.87. The number of aromatic nitrogens is 2. The minimum atomic E-state index is 0.737. The second-order valence-corrected chi connectivity index (χ2v) is 5.68. The molecule has 0 spiro atoms. The summed E-state index contributed by atoms with van der Waals surface area (Å²) in [4.78, 5) is 11.2. The van der Waals surface area contributed by atoms with Crippen LogP contribution in [0, 0.1) is 0 Å². The molecule has 0 radical (unpaired) electrons. The molecular formula is C19H18N4O. The molecule has 0 saturated heterocycles. The SMILES string of the molecule is COc1cccc(-c2cnc3c(c2)N(Cc2ccccn2)CN3)c1. The molecule has 1 N–H and O–H groups in total. The first-order valence-corrected chi connectivity index (χ1v) is 7.87. The molecule has 0 saturated carbocycles. The molecule has 5 heteroatoms. The van der Waals surface area contributed by atoms with Gasteiger partial charge in [-0.25, -0.2) is 4.98 Å². The largest absolute Gasteiger partial charge is 0.497 e. The van der Waals surface area contributed by atoms with Gasteiger partial charge in [0.25, 0.3) is 0 Å². The molecule has 0 bridgehead atoms. The maximum Gasteiger partial charge on any atom is 0.151 e. The molecule has 0 atom stereocenters. The Morgan fingerprint density at radius 1 is 1.08 bits per heavy atom. The number of fused-ring (bicyclic) bond motifs is 1. The number of hydrogen-bond donors (Lipinski definition) is 1. The minimum Gasteiger partial charge on any atom is -0.497 e. The Balaban J connectivity index is 1.65. The van der Waals surface area contributed by atoms with Crippen molar-refractivity contribution in [3.05, 3.63) is 66.6 Å². The van der Waals surface area contributed by atoms with Gasteiger partial charge in [-0.3, -0.25) is 4.98 Å². The highest BCUT2D eigenvalue weighted by atomic mass is 16.5. The Morgan fingerprint density at radius 2 is 2.04 bits per heavy atom. The molecule has 0 aliphatic carbocycles. The Kier molecular flexibility index (Phi) is 3.75. The highest BCUT2D eigenvalue weighted by Gasteiger charge is 2.21. The lowest BCUT2D eigenvalue weighted by Crippen LogP contribution is -2.22. The number of pyridine rings is 2. The predicted molar refractivity (Wildman–Crippen MR) is 95.1 cm³/mol. The summed E-state index contributed by atoms with van der Waals surface area (Å²) in [7, 11) is 1.68. The fourth-order valence-electron chi connectivity index (χ4n) is 2.87. The Morgan fingerprint density at radius 3 is 2.88 bits per heavy atom. The molecule has 24 heavy (non-hydrogen) atoms. The van der Waals surface area contributed by atoms with Crippen LogP contribution in [-0.2, 0) is 6.54 Å². The average Bonchev–Trinajstić information content (AvgIpc) is 3.05. The van der Waals surface area contributed by atoms with Gasteiger partial charge in [-0.1, -0.05) is 18.2 Å². The van der Waals surface area contributed by atoms with E-state index < -0.39 is 0 Å². The lowest BCUT2D eigenvalue weighted by atomic mass is 10.1. The molecule has 0 amide bonds. The highest BCUT2D eigenvalue weighted by molar-refractivity contribution is 5.78. The quantitative estimate of drug-likeness (QED) is 0.797. The van der Waals surface area contributed by atoms with E-state index in [9.17, 15) is 0 Å². The molecule has 0 fully saturated rings. The van der Waals surface area contributed by atoms with Crippen molar-refractivity contribution >= 4 is 11.5 Å². The zero-order valence-corrected chi connectivity index (χ0v) is 13.4. The van der Waals surface area contributed by atoms with Crippen molar-refractivity contribution in [2.45, 2.75) is 6.54 Å². The average molecular weight is 318 g/mol. The van der Waals surface area contributed by atoms with Crippen LogP contribution in [-0.4, -0.2) is 23.7 Å². The van der Waals surface area contributed by atoms with E-state index in [1.54, 1.807) is 7.11 Å². The van der Waals surface area contributed by atoms with E-state index in [2.05, 4.69) is 32.3 Å². The molecule has 1 aromatic carbocycles. The fraction of sp³-hybridized carbons (Fsp3) is 0.158. The van der Waals surface area contributed by atoms with Gasteiger partial charge in [-0.15, -0.1) is 0 Å². The molecule has 120 valence electrons. The Labute approximate surface area is 140 Å². The van der Waals surface area contributed by atoms with E-state index in [4.69, 9.17) is 4.74 Å². The second kappa shape index (κ2) is 6.20. The first-order chi connectivity index (χ1) is 11.8. The van der Waals surface area contributed by atoms with E-state index in [1.807, 2.05) is 48.8 Å². The lowest BCUT2D eigenvalue weighted by molar-refractivity contribution is 0.415. The zero-order chi connectivity index (χ0) is 16.4. The van der Waals surface area contributed by atoms with Crippen molar-refractivity contribution < 1.29 is 4.74 Å². The highest BCUT2D eigenvalue weighted by Crippen LogP contribution is 2.34. The third-order valence-corrected chi connectivity index (χ3v) is 4.13. The van der Waals surface area contributed by atoms with Crippen LogP contribution in [0.15, 0.2) is 60.9 Å². The second-order valence-electron chi connectivity index (χ2n) is 5.68. The van der Waals surface area contributed by atoms with E-state index in [0.29, 0.717) is 0 Å². The van der Waals surface area contributed by atoms with E-state index in [0.717, 1.165) is 47.3 Å². The molecule has 2 aromatic heterocycles. The summed E-state index contributed by atoms with van der Waals surface area (Å²) >= 11 is 0. The summed E-state index contributed by atoms with van der Waals surface area (Å²) in [5, 5.41) is 3.33. The predicted octanol–water partition coefficient (Wildman–Crippen LogP) is 3.54. The monoisotopic (exact) mass is 318 g/mol. The van der Waals surface area contributed by atoms with Gasteiger partial charge < -0.3 is 15.0 Å². The smallest absolute Gasteiger partial charge is 0.151 e. The van der Waals surface area contributed by atoms with Crippen LogP contribution in [0.5, 0.6) is 5.75 Å². The van der Waals surface area contributed by atoms with Crippen LogP contribution in [0.3, 0.4) is 0 Å². The molecule has 3 heterocycles. The van der Waals surface area contributed by atoms with Crippen LogP contribution in [0.1, 0.15) is 5.69 Å². The summed E-state index contributed by atoms with van der Waals surface area (Å²) in [6, 6.07) is 16.2. The maximum absolute atomic E-state index is 5.32. The number of benzene rings is 1. The fourth-order valence-corrected chi connectivity index (χ4v) is 2.87. The van der Waals surface area contributed by atoms with Crippen molar-refractivity contribution in [1.29, 1.82) is 0 Å². The first kappa shape index (κ1) is 14.5. The molecule has 4 rings (SSSR count).